The minimum Gasteiger partial charge on any atom is -0.333 e. The minimum atomic E-state index is -0.0763. The normalized spacial score (nSPS) is 11.6. The van der Waals surface area contributed by atoms with E-state index in [1.165, 1.54) is 11.1 Å². The van der Waals surface area contributed by atoms with Crippen molar-refractivity contribution >= 4 is 6.01 Å². The molecule has 0 saturated heterocycles. The summed E-state index contributed by atoms with van der Waals surface area (Å²) < 4.78 is 5.17. The highest BCUT2D eigenvalue weighted by atomic mass is 16.5. The first kappa shape index (κ1) is 12.6. The molecule has 1 heterocycles. The zero-order valence-electron chi connectivity index (χ0n) is 11.3. The lowest BCUT2D eigenvalue weighted by Crippen LogP contribution is -2.26. The zero-order valence-corrected chi connectivity index (χ0v) is 11.3. The first-order valence-corrected chi connectivity index (χ1v) is 6.09. The number of nitrogens with zero attached hydrogens (tertiary/aromatic N) is 2. The van der Waals surface area contributed by atoms with E-state index in [2.05, 4.69) is 61.4 Å². The Hall–Kier alpha value is -1.84. The van der Waals surface area contributed by atoms with Crippen molar-refractivity contribution in [1.82, 2.24) is 10.1 Å². The average Bonchev–Trinajstić information content (AvgIpc) is 2.62. The van der Waals surface area contributed by atoms with Crippen molar-refractivity contribution in [2.45, 2.75) is 39.7 Å². The molecule has 96 valence electrons. The standard InChI is InChI=1S/C14H19N3O/c1-10-6-5-7-11(8-10)9-12-15-13(18-17-12)16-14(2,3)4/h5-8H,9H2,1-4H3,(H,15,16,17). The van der Waals surface area contributed by atoms with E-state index in [0.29, 0.717) is 18.3 Å². The molecular weight excluding hydrogens is 226 g/mol. The molecule has 1 aromatic carbocycles. The summed E-state index contributed by atoms with van der Waals surface area (Å²) >= 11 is 0. The number of aromatic nitrogens is 2. The quantitative estimate of drug-likeness (QED) is 0.902. The van der Waals surface area contributed by atoms with E-state index in [1.54, 1.807) is 0 Å². The molecule has 0 fully saturated rings. The molecule has 4 heteroatoms. The van der Waals surface area contributed by atoms with Crippen LogP contribution in [0.5, 0.6) is 0 Å². The lowest BCUT2D eigenvalue weighted by molar-refractivity contribution is 0.413. The Bertz CT molecular complexity index is 526. The van der Waals surface area contributed by atoms with Gasteiger partial charge in [0.15, 0.2) is 5.82 Å². The van der Waals surface area contributed by atoms with Crippen molar-refractivity contribution in [2.24, 2.45) is 0 Å². The fourth-order valence-corrected chi connectivity index (χ4v) is 1.70. The molecule has 0 aliphatic carbocycles. The summed E-state index contributed by atoms with van der Waals surface area (Å²) in [5, 5.41) is 7.14. The maximum atomic E-state index is 5.17. The average molecular weight is 245 g/mol. The van der Waals surface area contributed by atoms with Gasteiger partial charge >= 0.3 is 6.01 Å². The van der Waals surface area contributed by atoms with Gasteiger partial charge in [-0.2, -0.15) is 4.98 Å². The second-order valence-electron chi connectivity index (χ2n) is 5.56. The van der Waals surface area contributed by atoms with Gasteiger partial charge in [-0.05, 0) is 33.3 Å². The Balaban J connectivity index is 2.07. The summed E-state index contributed by atoms with van der Waals surface area (Å²) in [6.45, 7) is 8.23. The van der Waals surface area contributed by atoms with Crippen LogP contribution in [0.2, 0.25) is 0 Å². The number of rotatable bonds is 3. The van der Waals surface area contributed by atoms with Gasteiger partial charge in [0.2, 0.25) is 0 Å². The molecule has 0 atom stereocenters. The molecule has 0 spiro atoms. The molecule has 2 aromatic rings. The molecule has 0 amide bonds. The maximum Gasteiger partial charge on any atom is 0.321 e. The Morgan fingerprint density at radius 2 is 2.06 bits per heavy atom. The van der Waals surface area contributed by atoms with Crippen LogP contribution in [0.4, 0.5) is 6.01 Å². The van der Waals surface area contributed by atoms with Crippen LogP contribution in [0.3, 0.4) is 0 Å². The predicted molar refractivity (Wildman–Crippen MR) is 71.7 cm³/mol. The van der Waals surface area contributed by atoms with Crippen molar-refractivity contribution < 1.29 is 4.52 Å². The van der Waals surface area contributed by atoms with Gasteiger partial charge in [0.25, 0.3) is 0 Å². The summed E-state index contributed by atoms with van der Waals surface area (Å²) in [6, 6.07) is 8.80. The molecule has 0 radical (unpaired) electrons. The highest BCUT2D eigenvalue weighted by molar-refractivity contribution is 5.27. The van der Waals surface area contributed by atoms with Crippen LogP contribution in [-0.4, -0.2) is 15.7 Å². The third kappa shape index (κ3) is 3.58. The fourth-order valence-electron chi connectivity index (χ4n) is 1.70. The monoisotopic (exact) mass is 245 g/mol. The zero-order chi connectivity index (χ0) is 13.2. The van der Waals surface area contributed by atoms with Gasteiger partial charge in [-0.15, -0.1) is 0 Å². The van der Waals surface area contributed by atoms with Crippen LogP contribution < -0.4 is 5.32 Å². The van der Waals surface area contributed by atoms with Crippen LogP contribution in [0, 0.1) is 6.92 Å². The Morgan fingerprint density at radius 1 is 1.28 bits per heavy atom. The number of hydrogen-bond donors (Lipinski definition) is 1. The van der Waals surface area contributed by atoms with Crippen molar-refractivity contribution in [3.63, 3.8) is 0 Å². The van der Waals surface area contributed by atoms with E-state index < -0.39 is 0 Å². The van der Waals surface area contributed by atoms with Gasteiger partial charge < -0.3 is 9.84 Å². The van der Waals surface area contributed by atoms with Gasteiger partial charge in [0, 0.05) is 12.0 Å². The molecule has 1 N–H and O–H groups in total. The number of nitrogens with one attached hydrogen (secondary N) is 1. The topological polar surface area (TPSA) is 51.0 Å². The summed E-state index contributed by atoms with van der Waals surface area (Å²) in [6.07, 6.45) is 0.691. The number of anilines is 1. The van der Waals surface area contributed by atoms with E-state index in [-0.39, 0.29) is 5.54 Å². The fraction of sp³-hybridized carbons (Fsp3) is 0.429. The second kappa shape index (κ2) is 4.80. The van der Waals surface area contributed by atoms with E-state index in [0.717, 1.165) is 0 Å². The van der Waals surface area contributed by atoms with Crippen LogP contribution in [-0.2, 0) is 6.42 Å². The van der Waals surface area contributed by atoms with Gasteiger partial charge in [-0.3, -0.25) is 0 Å². The SMILES string of the molecule is Cc1cccc(Cc2noc(NC(C)(C)C)n2)c1. The molecule has 0 aliphatic rings. The summed E-state index contributed by atoms with van der Waals surface area (Å²) in [5.41, 5.74) is 2.36. The van der Waals surface area contributed by atoms with Crippen LogP contribution in [0.15, 0.2) is 28.8 Å². The van der Waals surface area contributed by atoms with Crippen LogP contribution in [0.25, 0.3) is 0 Å². The molecule has 18 heavy (non-hydrogen) atoms. The Labute approximate surface area is 107 Å². The highest BCUT2D eigenvalue weighted by Gasteiger charge is 2.14. The minimum absolute atomic E-state index is 0.0763. The highest BCUT2D eigenvalue weighted by Crippen LogP contribution is 2.14. The van der Waals surface area contributed by atoms with E-state index >= 15 is 0 Å². The molecule has 4 nitrogen and oxygen atoms in total. The third-order valence-electron chi connectivity index (χ3n) is 2.39. The van der Waals surface area contributed by atoms with Gasteiger partial charge in [0.1, 0.15) is 0 Å². The maximum absolute atomic E-state index is 5.17. The molecule has 0 aliphatic heterocycles. The van der Waals surface area contributed by atoms with Crippen molar-refractivity contribution in [2.75, 3.05) is 5.32 Å². The third-order valence-corrected chi connectivity index (χ3v) is 2.39. The Morgan fingerprint density at radius 3 is 2.72 bits per heavy atom. The molecule has 0 bridgehead atoms. The number of aryl methyl sites for hydroxylation is 1. The number of benzene rings is 1. The molecule has 0 saturated carbocycles. The smallest absolute Gasteiger partial charge is 0.321 e. The first-order valence-electron chi connectivity index (χ1n) is 6.09. The summed E-state index contributed by atoms with van der Waals surface area (Å²) in [5.74, 6) is 0.701. The van der Waals surface area contributed by atoms with E-state index in [1.807, 2.05) is 6.07 Å². The lowest BCUT2D eigenvalue weighted by atomic mass is 10.1. The molecule has 1 aromatic heterocycles. The van der Waals surface area contributed by atoms with Gasteiger partial charge in [-0.1, -0.05) is 35.0 Å². The van der Waals surface area contributed by atoms with Crippen molar-refractivity contribution in [1.29, 1.82) is 0 Å². The van der Waals surface area contributed by atoms with E-state index in [9.17, 15) is 0 Å². The molecular formula is C14H19N3O. The summed E-state index contributed by atoms with van der Waals surface area (Å²) in [4.78, 5) is 4.33. The molecule has 0 unspecified atom stereocenters. The largest absolute Gasteiger partial charge is 0.333 e. The van der Waals surface area contributed by atoms with Gasteiger partial charge in [-0.25, -0.2) is 0 Å². The van der Waals surface area contributed by atoms with Gasteiger partial charge in [0.05, 0.1) is 0 Å². The van der Waals surface area contributed by atoms with Crippen molar-refractivity contribution in [3.05, 3.63) is 41.2 Å². The number of hydrogen-bond acceptors (Lipinski definition) is 4. The van der Waals surface area contributed by atoms with E-state index in [4.69, 9.17) is 4.52 Å². The predicted octanol–water partition coefficient (Wildman–Crippen LogP) is 3.18. The second-order valence-corrected chi connectivity index (χ2v) is 5.56. The molecule has 2 rings (SSSR count). The van der Waals surface area contributed by atoms with Crippen LogP contribution in [0.1, 0.15) is 37.7 Å². The lowest BCUT2D eigenvalue weighted by Gasteiger charge is -2.17. The summed E-state index contributed by atoms with van der Waals surface area (Å²) in [7, 11) is 0. The van der Waals surface area contributed by atoms with Crippen LogP contribution >= 0.6 is 0 Å². The van der Waals surface area contributed by atoms with Crippen molar-refractivity contribution in [3.8, 4) is 0 Å². The first-order chi connectivity index (χ1) is 8.42. The Kier molecular flexibility index (Phi) is 3.36.